The van der Waals surface area contributed by atoms with Crippen molar-refractivity contribution in [2.45, 2.75) is 13.8 Å². The second-order valence-corrected chi connectivity index (χ2v) is 7.53. The third kappa shape index (κ3) is 5.27. The number of thiocarbonyl (C=S) groups is 1. The minimum atomic E-state index is -0.315. The van der Waals surface area contributed by atoms with Gasteiger partial charge in [-0.05, 0) is 67.5 Å². The molecule has 1 amide bonds. The average Bonchev–Trinajstić information content (AvgIpc) is 2.68. The number of aryl methyl sites for hydroxylation is 1. The molecular formula is C21H26FN4OS+. The monoisotopic (exact) mass is 401 g/mol. The van der Waals surface area contributed by atoms with Gasteiger partial charge in [0.05, 0.1) is 26.2 Å². The number of anilines is 2. The van der Waals surface area contributed by atoms with Gasteiger partial charge in [0.2, 0.25) is 0 Å². The van der Waals surface area contributed by atoms with Crippen molar-refractivity contribution >= 4 is 34.6 Å². The molecule has 0 aliphatic carbocycles. The molecule has 3 N–H and O–H groups in total. The summed E-state index contributed by atoms with van der Waals surface area (Å²) >= 11 is 5.58. The van der Waals surface area contributed by atoms with Crippen LogP contribution in [0, 0.1) is 19.7 Å². The van der Waals surface area contributed by atoms with E-state index in [0.717, 1.165) is 37.0 Å². The van der Waals surface area contributed by atoms with Gasteiger partial charge in [0.1, 0.15) is 5.82 Å². The molecule has 0 saturated carbocycles. The summed E-state index contributed by atoms with van der Waals surface area (Å²) in [6.07, 6.45) is 0. The van der Waals surface area contributed by atoms with Gasteiger partial charge in [-0.3, -0.25) is 4.79 Å². The minimum Gasteiger partial charge on any atom is -0.338 e. The highest BCUT2D eigenvalue weighted by Gasteiger charge is 2.24. The molecule has 1 saturated heterocycles. The van der Waals surface area contributed by atoms with Crippen LogP contribution in [0.2, 0.25) is 0 Å². The molecule has 0 atom stereocenters. The van der Waals surface area contributed by atoms with Gasteiger partial charge in [0, 0.05) is 11.4 Å². The molecule has 3 rings (SSSR count). The van der Waals surface area contributed by atoms with Crippen LogP contribution in [-0.2, 0) is 4.79 Å². The van der Waals surface area contributed by atoms with E-state index >= 15 is 0 Å². The van der Waals surface area contributed by atoms with Crippen LogP contribution >= 0.6 is 12.2 Å². The Morgan fingerprint density at radius 2 is 1.79 bits per heavy atom. The van der Waals surface area contributed by atoms with Crippen molar-refractivity contribution in [2.75, 3.05) is 43.4 Å². The number of rotatable bonds is 4. The number of hydrogen-bond acceptors (Lipinski definition) is 2. The van der Waals surface area contributed by atoms with E-state index in [1.807, 2.05) is 12.1 Å². The molecule has 0 spiro atoms. The fourth-order valence-electron chi connectivity index (χ4n) is 3.25. The lowest BCUT2D eigenvalue weighted by Gasteiger charge is -2.33. The molecule has 7 heteroatoms. The van der Waals surface area contributed by atoms with Gasteiger partial charge in [-0.15, -0.1) is 0 Å². The second-order valence-electron chi connectivity index (χ2n) is 7.15. The first-order chi connectivity index (χ1) is 13.4. The van der Waals surface area contributed by atoms with Crippen LogP contribution in [0.4, 0.5) is 15.8 Å². The maximum absolute atomic E-state index is 12.9. The van der Waals surface area contributed by atoms with Crippen LogP contribution < -0.4 is 15.5 Å². The molecule has 2 aromatic carbocycles. The normalized spacial score (nSPS) is 14.6. The number of quaternary nitrogens is 1. The molecule has 148 valence electrons. The number of piperazine rings is 1. The van der Waals surface area contributed by atoms with E-state index in [0.29, 0.717) is 12.2 Å². The maximum Gasteiger partial charge on any atom is 0.279 e. The van der Waals surface area contributed by atoms with Crippen molar-refractivity contribution in [1.82, 2.24) is 4.90 Å². The summed E-state index contributed by atoms with van der Waals surface area (Å²) in [7, 11) is 0. The van der Waals surface area contributed by atoms with Crippen LogP contribution in [0.15, 0.2) is 42.5 Å². The third-order valence-corrected chi connectivity index (χ3v) is 5.50. The van der Waals surface area contributed by atoms with Crippen molar-refractivity contribution in [3.05, 3.63) is 59.4 Å². The van der Waals surface area contributed by atoms with Gasteiger partial charge < -0.3 is 20.4 Å². The lowest BCUT2D eigenvalue weighted by atomic mass is 10.1. The summed E-state index contributed by atoms with van der Waals surface area (Å²) in [6, 6.07) is 12.0. The Labute approximate surface area is 170 Å². The van der Waals surface area contributed by atoms with Gasteiger partial charge >= 0.3 is 0 Å². The molecule has 0 aromatic heterocycles. The Morgan fingerprint density at radius 3 is 2.46 bits per heavy atom. The molecule has 28 heavy (non-hydrogen) atoms. The van der Waals surface area contributed by atoms with Crippen LogP contribution in [-0.4, -0.2) is 48.6 Å². The van der Waals surface area contributed by atoms with Crippen molar-refractivity contribution < 1.29 is 14.1 Å². The highest BCUT2D eigenvalue weighted by Crippen LogP contribution is 2.18. The molecule has 1 aliphatic heterocycles. The summed E-state index contributed by atoms with van der Waals surface area (Å²) in [5.41, 5.74) is 4.09. The largest absolute Gasteiger partial charge is 0.338 e. The van der Waals surface area contributed by atoms with E-state index in [9.17, 15) is 9.18 Å². The van der Waals surface area contributed by atoms with E-state index in [2.05, 4.69) is 35.4 Å². The van der Waals surface area contributed by atoms with E-state index < -0.39 is 0 Å². The van der Waals surface area contributed by atoms with Crippen LogP contribution in [0.1, 0.15) is 11.1 Å². The topological polar surface area (TPSA) is 48.8 Å². The number of nitrogens with one attached hydrogen (secondary N) is 3. The van der Waals surface area contributed by atoms with E-state index in [1.165, 1.54) is 28.2 Å². The van der Waals surface area contributed by atoms with Crippen LogP contribution in [0.5, 0.6) is 0 Å². The zero-order chi connectivity index (χ0) is 20.1. The molecule has 2 aromatic rings. The smallest absolute Gasteiger partial charge is 0.279 e. The summed E-state index contributed by atoms with van der Waals surface area (Å²) < 4.78 is 12.9. The summed E-state index contributed by atoms with van der Waals surface area (Å²) in [4.78, 5) is 15.6. The Bertz CT molecular complexity index is 848. The van der Waals surface area contributed by atoms with E-state index in [-0.39, 0.29) is 11.7 Å². The Balaban J connectivity index is 1.46. The first kappa shape index (κ1) is 20.2. The molecule has 1 heterocycles. The van der Waals surface area contributed by atoms with Crippen molar-refractivity contribution in [1.29, 1.82) is 0 Å². The highest BCUT2D eigenvalue weighted by molar-refractivity contribution is 7.80. The predicted molar refractivity (Wildman–Crippen MR) is 114 cm³/mol. The number of amides is 1. The molecule has 1 fully saturated rings. The molecular weight excluding hydrogens is 375 g/mol. The van der Waals surface area contributed by atoms with Crippen LogP contribution in [0.3, 0.4) is 0 Å². The minimum absolute atomic E-state index is 0.0638. The predicted octanol–water partition coefficient (Wildman–Crippen LogP) is 1.98. The van der Waals surface area contributed by atoms with E-state index in [1.54, 1.807) is 12.1 Å². The lowest BCUT2D eigenvalue weighted by Crippen LogP contribution is -3.15. The number of halogens is 1. The third-order valence-electron chi connectivity index (χ3n) is 5.14. The van der Waals surface area contributed by atoms with Crippen LogP contribution in [0.25, 0.3) is 0 Å². The van der Waals surface area contributed by atoms with Crippen molar-refractivity contribution in [3.63, 3.8) is 0 Å². The Morgan fingerprint density at radius 1 is 1.11 bits per heavy atom. The van der Waals surface area contributed by atoms with Crippen molar-refractivity contribution in [3.8, 4) is 0 Å². The van der Waals surface area contributed by atoms with E-state index in [4.69, 9.17) is 12.2 Å². The Kier molecular flexibility index (Phi) is 6.59. The molecule has 0 unspecified atom stereocenters. The van der Waals surface area contributed by atoms with Gasteiger partial charge in [0.25, 0.3) is 5.91 Å². The van der Waals surface area contributed by atoms with Gasteiger partial charge in [0.15, 0.2) is 11.7 Å². The van der Waals surface area contributed by atoms with Gasteiger partial charge in [-0.1, -0.05) is 12.1 Å². The molecule has 0 bridgehead atoms. The standard InChI is InChI=1S/C21H25FN4OS/c1-15-4-3-5-19(16(15)2)24-21(28)26-12-10-25(11-13-26)14-20(27)23-18-8-6-17(22)7-9-18/h3-9H,10-14H2,1-2H3,(H,23,27)(H,24,28)/p+1. The number of hydrogen-bond donors (Lipinski definition) is 3. The summed E-state index contributed by atoms with van der Waals surface area (Å²) in [6.45, 7) is 7.84. The summed E-state index contributed by atoms with van der Waals surface area (Å²) in [5.74, 6) is -0.378. The summed E-state index contributed by atoms with van der Waals surface area (Å²) in [5, 5.41) is 6.89. The van der Waals surface area contributed by atoms with Gasteiger partial charge in [-0.2, -0.15) is 0 Å². The first-order valence-corrected chi connectivity index (χ1v) is 9.84. The highest BCUT2D eigenvalue weighted by atomic mass is 32.1. The fraction of sp³-hybridized carbons (Fsp3) is 0.333. The number of nitrogens with zero attached hydrogens (tertiary/aromatic N) is 1. The molecule has 0 radical (unpaired) electrons. The zero-order valence-electron chi connectivity index (χ0n) is 16.2. The molecule has 5 nitrogen and oxygen atoms in total. The number of benzene rings is 2. The lowest BCUT2D eigenvalue weighted by molar-refractivity contribution is -0.895. The Hall–Kier alpha value is -2.51. The molecule has 1 aliphatic rings. The van der Waals surface area contributed by atoms with Gasteiger partial charge in [-0.25, -0.2) is 4.39 Å². The number of carbonyl (C=O) groups is 1. The zero-order valence-corrected chi connectivity index (χ0v) is 17.0. The maximum atomic E-state index is 12.9. The van der Waals surface area contributed by atoms with Crippen molar-refractivity contribution in [2.24, 2.45) is 0 Å². The average molecular weight is 402 g/mol. The quantitative estimate of drug-likeness (QED) is 0.686. The number of carbonyl (C=O) groups excluding carboxylic acids is 1. The second kappa shape index (κ2) is 9.12. The first-order valence-electron chi connectivity index (χ1n) is 9.43. The fourth-order valence-corrected chi connectivity index (χ4v) is 3.54. The SMILES string of the molecule is Cc1cccc(NC(=S)N2CC[NH+](CC(=O)Nc3ccc(F)cc3)CC2)c1C.